The highest BCUT2D eigenvalue weighted by molar-refractivity contribution is 6.20. The Balaban J connectivity index is 1.79. The Labute approximate surface area is 163 Å². The third kappa shape index (κ3) is 1.92. The molecule has 2 heterocycles. The maximum atomic E-state index is 2.36. The third-order valence-electron chi connectivity index (χ3n) is 6.64. The number of fused-ring (bicyclic) bond motifs is 7. The fraction of sp³-hybridized carbons (Fsp3) is 0.154. The second-order valence-corrected chi connectivity index (χ2v) is 8.18. The van der Waals surface area contributed by atoms with Crippen LogP contribution in [-0.2, 0) is 14.1 Å². The summed E-state index contributed by atoms with van der Waals surface area (Å²) in [5, 5.41) is 10.6. The summed E-state index contributed by atoms with van der Waals surface area (Å²) in [5.74, 6) is 0. The van der Waals surface area contributed by atoms with Gasteiger partial charge in [-0.2, -0.15) is 0 Å². The van der Waals surface area contributed by atoms with Crippen molar-refractivity contribution in [3.05, 3.63) is 72.1 Å². The first kappa shape index (κ1) is 15.8. The predicted molar refractivity (Wildman–Crippen MR) is 121 cm³/mol. The highest BCUT2D eigenvalue weighted by Crippen LogP contribution is 2.36. The molecule has 0 aliphatic rings. The standard InChI is InChI=1S/C26H22N2/c1-15-9-19-11-17-5-7-22-21(23(17)13-25(19)27(15)3)8-6-18-12-20-10-16(2)28(4)26(20)14-24(18)22/h5-14H,1-4H3. The highest BCUT2D eigenvalue weighted by Gasteiger charge is 2.11. The van der Waals surface area contributed by atoms with Gasteiger partial charge < -0.3 is 9.13 Å². The summed E-state index contributed by atoms with van der Waals surface area (Å²) in [6.45, 7) is 4.34. The van der Waals surface area contributed by atoms with Gasteiger partial charge in [-0.15, -0.1) is 0 Å². The first-order valence-corrected chi connectivity index (χ1v) is 9.82. The Morgan fingerprint density at radius 3 is 1.32 bits per heavy atom. The molecule has 0 bridgehead atoms. The van der Waals surface area contributed by atoms with E-state index in [-0.39, 0.29) is 0 Å². The summed E-state index contributed by atoms with van der Waals surface area (Å²) in [4.78, 5) is 0. The van der Waals surface area contributed by atoms with Crippen LogP contribution in [0.5, 0.6) is 0 Å². The van der Waals surface area contributed by atoms with E-state index in [0.717, 1.165) is 0 Å². The lowest BCUT2D eigenvalue weighted by molar-refractivity contribution is 0.919. The minimum atomic E-state index is 1.29. The number of aromatic nitrogens is 2. The van der Waals surface area contributed by atoms with Crippen LogP contribution in [0.15, 0.2) is 60.7 Å². The van der Waals surface area contributed by atoms with Crippen molar-refractivity contribution in [3.8, 4) is 0 Å². The lowest BCUT2D eigenvalue weighted by atomic mass is 9.95. The zero-order valence-corrected chi connectivity index (χ0v) is 16.7. The number of nitrogens with zero attached hydrogens (tertiary/aromatic N) is 2. The van der Waals surface area contributed by atoms with Gasteiger partial charge in [0.05, 0.1) is 0 Å². The first-order valence-electron chi connectivity index (χ1n) is 9.82. The van der Waals surface area contributed by atoms with Crippen molar-refractivity contribution < 1.29 is 0 Å². The van der Waals surface area contributed by atoms with Crippen LogP contribution in [0.4, 0.5) is 0 Å². The van der Waals surface area contributed by atoms with Gasteiger partial charge in [-0.3, -0.25) is 0 Å². The van der Waals surface area contributed by atoms with Gasteiger partial charge in [0.25, 0.3) is 0 Å². The molecule has 2 heteroatoms. The molecule has 136 valence electrons. The molecule has 28 heavy (non-hydrogen) atoms. The van der Waals surface area contributed by atoms with E-state index in [1.807, 2.05) is 0 Å². The molecule has 6 aromatic rings. The van der Waals surface area contributed by atoms with Crippen molar-refractivity contribution in [1.82, 2.24) is 9.13 Å². The Morgan fingerprint density at radius 1 is 0.464 bits per heavy atom. The average molecular weight is 362 g/mol. The Kier molecular flexibility index (Phi) is 2.91. The molecule has 0 unspecified atom stereocenters. The average Bonchev–Trinajstić information content (AvgIpc) is 3.13. The maximum Gasteiger partial charge on any atom is 0.0486 e. The number of rotatable bonds is 0. The van der Waals surface area contributed by atoms with E-state index in [2.05, 4.69) is 97.7 Å². The van der Waals surface area contributed by atoms with E-state index in [1.165, 1.54) is 65.5 Å². The molecule has 2 aromatic heterocycles. The lowest BCUT2D eigenvalue weighted by Crippen LogP contribution is -1.90. The van der Waals surface area contributed by atoms with Crippen LogP contribution in [0, 0.1) is 13.8 Å². The molecule has 6 rings (SSSR count). The van der Waals surface area contributed by atoms with E-state index in [0.29, 0.717) is 0 Å². The molecule has 0 aliphatic heterocycles. The molecule has 0 saturated carbocycles. The van der Waals surface area contributed by atoms with Crippen molar-refractivity contribution >= 4 is 54.1 Å². The van der Waals surface area contributed by atoms with Gasteiger partial charge in [-0.25, -0.2) is 0 Å². The molecule has 0 aliphatic carbocycles. The fourth-order valence-electron chi connectivity index (χ4n) is 4.82. The molecular weight excluding hydrogens is 340 g/mol. The Bertz CT molecular complexity index is 1470. The Hall–Kier alpha value is -3.26. The predicted octanol–water partition coefficient (Wildman–Crippen LogP) is 6.75. The van der Waals surface area contributed by atoms with Crippen LogP contribution < -0.4 is 0 Å². The van der Waals surface area contributed by atoms with Crippen LogP contribution in [0.2, 0.25) is 0 Å². The van der Waals surface area contributed by atoms with Crippen LogP contribution in [-0.4, -0.2) is 9.13 Å². The quantitative estimate of drug-likeness (QED) is 0.265. The summed E-state index contributed by atoms with van der Waals surface area (Å²) < 4.78 is 4.57. The summed E-state index contributed by atoms with van der Waals surface area (Å²) in [5.41, 5.74) is 5.18. The van der Waals surface area contributed by atoms with Crippen molar-refractivity contribution in [2.24, 2.45) is 14.1 Å². The molecule has 0 amide bonds. The maximum absolute atomic E-state index is 2.36. The second kappa shape index (κ2) is 5.17. The number of benzene rings is 4. The lowest BCUT2D eigenvalue weighted by Gasteiger charge is -2.10. The zero-order chi connectivity index (χ0) is 19.2. The summed E-state index contributed by atoms with van der Waals surface area (Å²) >= 11 is 0. The van der Waals surface area contributed by atoms with Crippen LogP contribution in [0.1, 0.15) is 11.4 Å². The molecule has 0 radical (unpaired) electrons. The molecular formula is C26H22N2. The Morgan fingerprint density at radius 2 is 0.893 bits per heavy atom. The molecule has 0 N–H and O–H groups in total. The van der Waals surface area contributed by atoms with E-state index in [1.54, 1.807) is 0 Å². The number of aryl methyl sites for hydroxylation is 4. The largest absolute Gasteiger partial charge is 0.348 e. The van der Waals surface area contributed by atoms with Gasteiger partial charge in [-0.1, -0.05) is 24.3 Å². The van der Waals surface area contributed by atoms with Gasteiger partial charge >= 0.3 is 0 Å². The van der Waals surface area contributed by atoms with E-state index in [9.17, 15) is 0 Å². The molecule has 4 aromatic carbocycles. The second-order valence-electron chi connectivity index (χ2n) is 8.18. The molecule has 0 saturated heterocycles. The van der Waals surface area contributed by atoms with Crippen LogP contribution in [0.25, 0.3) is 54.1 Å². The number of hydrogen-bond donors (Lipinski definition) is 0. The zero-order valence-electron chi connectivity index (χ0n) is 16.7. The topological polar surface area (TPSA) is 9.86 Å². The van der Waals surface area contributed by atoms with Gasteiger partial charge in [0.2, 0.25) is 0 Å². The van der Waals surface area contributed by atoms with Gasteiger partial charge in [0.15, 0.2) is 0 Å². The van der Waals surface area contributed by atoms with E-state index in [4.69, 9.17) is 0 Å². The minimum absolute atomic E-state index is 1.29. The van der Waals surface area contributed by atoms with Crippen molar-refractivity contribution in [2.75, 3.05) is 0 Å². The van der Waals surface area contributed by atoms with Crippen LogP contribution in [0.3, 0.4) is 0 Å². The van der Waals surface area contributed by atoms with Crippen molar-refractivity contribution in [2.45, 2.75) is 13.8 Å². The van der Waals surface area contributed by atoms with Crippen molar-refractivity contribution in [1.29, 1.82) is 0 Å². The molecule has 0 fully saturated rings. The van der Waals surface area contributed by atoms with E-state index < -0.39 is 0 Å². The SMILES string of the molecule is Cc1cc2cc3ccc4c5cc6c(cc(C)n6C)cc5ccc4c3cc2n1C. The van der Waals surface area contributed by atoms with Gasteiger partial charge in [-0.05, 0) is 82.6 Å². The first-order chi connectivity index (χ1) is 13.5. The highest BCUT2D eigenvalue weighted by atomic mass is 14.9. The van der Waals surface area contributed by atoms with Gasteiger partial charge in [0.1, 0.15) is 0 Å². The summed E-state index contributed by atoms with van der Waals surface area (Å²) in [6, 6.07) is 23.1. The van der Waals surface area contributed by atoms with Gasteiger partial charge in [0, 0.05) is 47.3 Å². The fourth-order valence-corrected chi connectivity index (χ4v) is 4.82. The molecule has 0 atom stereocenters. The normalized spacial score (nSPS) is 12.3. The smallest absolute Gasteiger partial charge is 0.0486 e. The van der Waals surface area contributed by atoms with E-state index >= 15 is 0 Å². The summed E-state index contributed by atoms with van der Waals surface area (Å²) in [6.07, 6.45) is 0. The van der Waals surface area contributed by atoms with Crippen LogP contribution >= 0.6 is 0 Å². The summed E-state index contributed by atoms with van der Waals surface area (Å²) in [7, 11) is 4.30. The molecule has 2 nitrogen and oxygen atoms in total. The third-order valence-corrected chi connectivity index (χ3v) is 6.64. The monoisotopic (exact) mass is 362 g/mol. The minimum Gasteiger partial charge on any atom is -0.348 e. The number of hydrogen-bond acceptors (Lipinski definition) is 0. The van der Waals surface area contributed by atoms with Crippen molar-refractivity contribution in [3.63, 3.8) is 0 Å². The molecule has 0 spiro atoms.